The number of hydrogen-bond donors (Lipinski definition) is 0. The van der Waals surface area contributed by atoms with Crippen molar-refractivity contribution in [1.29, 1.82) is 0 Å². The van der Waals surface area contributed by atoms with E-state index >= 15 is 0 Å². The smallest absolute Gasteiger partial charge is 0.137 e. The van der Waals surface area contributed by atoms with E-state index in [9.17, 15) is 4.79 Å². The molecule has 2 nitrogen and oxygen atoms in total. The van der Waals surface area contributed by atoms with Gasteiger partial charge in [-0.15, -0.1) is 0 Å². The van der Waals surface area contributed by atoms with Crippen LogP contribution >= 0.6 is 12.0 Å². The van der Waals surface area contributed by atoms with Crippen molar-refractivity contribution in [3.8, 4) is 11.1 Å². The molecule has 1 aliphatic rings. The van der Waals surface area contributed by atoms with E-state index in [-0.39, 0.29) is 0 Å². The number of aryl methyl sites for hydroxylation is 1. The van der Waals surface area contributed by atoms with Crippen LogP contribution < -0.4 is 0 Å². The van der Waals surface area contributed by atoms with E-state index in [0.29, 0.717) is 25.2 Å². The highest BCUT2D eigenvalue weighted by molar-refractivity contribution is 7.94. The summed E-state index contributed by atoms with van der Waals surface area (Å²) in [6, 6.07) is 25.0. The minimum atomic E-state index is 0.341. The molecule has 0 aliphatic heterocycles. The number of carbonyl (C=O) groups excluding carboxylic acids is 1. The first kappa shape index (κ1) is 17.1. The SMILES string of the molecule is O=C1CCc2ccc(-c3cccc(SOCc4ccccc4)c3)cc2C1. The van der Waals surface area contributed by atoms with E-state index < -0.39 is 0 Å². The molecule has 3 aromatic rings. The first-order chi connectivity index (χ1) is 12.8. The molecular weight excluding hydrogens is 340 g/mol. The van der Waals surface area contributed by atoms with Crippen molar-refractivity contribution >= 4 is 17.8 Å². The summed E-state index contributed by atoms with van der Waals surface area (Å²) >= 11 is 1.40. The monoisotopic (exact) mass is 360 g/mol. The molecule has 0 saturated heterocycles. The summed E-state index contributed by atoms with van der Waals surface area (Å²) in [5.74, 6) is 0.341. The predicted octanol–water partition coefficient (Wildman–Crippen LogP) is 5.64. The lowest BCUT2D eigenvalue weighted by Crippen LogP contribution is -2.13. The van der Waals surface area contributed by atoms with Gasteiger partial charge in [0.15, 0.2) is 0 Å². The van der Waals surface area contributed by atoms with Gasteiger partial charge in [0.2, 0.25) is 0 Å². The van der Waals surface area contributed by atoms with E-state index in [2.05, 4.69) is 48.5 Å². The van der Waals surface area contributed by atoms with Crippen molar-refractivity contribution in [2.24, 2.45) is 0 Å². The molecule has 130 valence electrons. The third-order valence-electron chi connectivity index (χ3n) is 4.66. The Kier molecular flexibility index (Phi) is 5.19. The fourth-order valence-electron chi connectivity index (χ4n) is 3.26. The Morgan fingerprint density at radius 1 is 0.808 bits per heavy atom. The van der Waals surface area contributed by atoms with Crippen molar-refractivity contribution in [2.45, 2.75) is 30.8 Å². The van der Waals surface area contributed by atoms with Crippen LogP contribution in [0.2, 0.25) is 0 Å². The highest BCUT2D eigenvalue weighted by Crippen LogP contribution is 2.30. The standard InChI is InChI=1S/C23H20O2S/c24-22-12-11-18-9-10-20(13-21(18)14-22)19-7-4-8-23(15-19)26-25-16-17-5-2-1-3-6-17/h1-10,13,15H,11-12,14,16H2. The lowest BCUT2D eigenvalue weighted by Gasteiger charge is -2.16. The number of carbonyl (C=O) groups is 1. The molecular formula is C23H20O2S. The highest BCUT2D eigenvalue weighted by Gasteiger charge is 2.16. The van der Waals surface area contributed by atoms with Crippen LogP contribution in [0.3, 0.4) is 0 Å². The molecule has 1 aliphatic carbocycles. The molecule has 26 heavy (non-hydrogen) atoms. The second-order valence-electron chi connectivity index (χ2n) is 6.56. The van der Waals surface area contributed by atoms with Crippen molar-refractivity contribution in [2.75, 3.05) is 0 Å². The van der Waals surface area contributed by atoms with E-state index in [1.165, 1.54) is 23.2 Å². The molecule has 0 heterocycles. The average Bonchev–Trinajstić information content (AvgIpc) is 2.68. The zero-order valence-corrected chi connectivity index (χ0v) is 15.3. The molecule has 0 radical (unpaired) electrons. The Balaban J connectivity index is 1.47. The number of benzene rings is 3. The fourth-order valence-corrected chi connectivity index (χ4v) is 3.90. The first-order valence-electron chi connectivity index (χ1n) is 8.85. The first-order valence-corrected chi connectivity index (χ1v) is 9.59. The summed E-state index contributed by atoms with van der Waals surface area (Å²) in [5.41, 5.74) is 5.96. The van der Waals surface area contributed by atoms with Gasteiger partial charge in [-0.3, -0.25) is 4.79 Å². The molecule has 3 aromatic carbocycles. The summed E-state index contributed by atoms with van der Waals surface area (Å²) in [6.45, 7) is 0.580. The normalized spacial score (nSPS) is 13.5. The number of fused-ring (bicyclic) bond motifs is 1. The van der Waals surface area contributed by atoms with Crippen LogP contribution in [-0.4, -0.2) is 5.78 Å². The van der Waals surface area contributed by atoms with Crippen molar-refractivity contribution in [3.63, 3.8) is 0 Å². The molecule has 0 spiro atoms. The van der Waals surface area contributed by atoms with Crippen LogP contribution in [-0.2, 0) is 28.4 Å². The van der Waals surface area contributed by atoms with Gasteiger partial charge in [-0.25, -0.2) is 0 Å². The summed E-state index contributed by atoms with van der Waals surface area (Å²) in [6.07, 6.45) is 2.12. The Bertz CT molecular complexity index is 919. The second kappa shape index (κ2) is 7.90. The molecule has 0 bridgehead atoms. The minimum absolute atomic E-state index is 0.341. The van der Waals surface area contributed by atoms with Gasteiger partial charge in [-0.05, 0) is 46.4 Å². The summed E-state index contributed by atoms with van der Waals surface area (Å²) in [5, 5.41) is 0. The fraction of sp³-hybridized carbons (Fsp3) is 0.174. The molecule has 0 unspecified atom stereocenters. The van der Waals surface area contributed by atoms with E-state index in [1.807, 2.05) is 24.3 Å². The summed E-state index contributed by atoms with van der Waals surface area (Å²) in [4.78, 5) is 12.8. The maximum atomic E-state index is 11.7. The van der Waals surface area contributed by atoms with Gasteiger partial charge in [0.25, 0.3) is 0 Å². The van der Waals surface area contributed by atoms with Crippen molar-refractivity contribution in [3.05, 3.63) is 89.5 Å². The molecule has 0 N–H and O–H groups in total. The summed E-state index contributed by atoms with van der Waals surface area (Å²) in [7, 11) is 0. The Morgan fingerprint density at radius 2 is 1.65 bits per heavy atom. The van der Waals surface area contributed by atoms with Crippen LogP contribution in [0.25, 0.3) is 11.1 Å². The van der Waals surface area contributed by atoms with E-state index in [1.54, 1.807) is 0 Å². The van der Waals surface area contributed by atoms with Crippen LogP contribution in [0, 0.1) is 0 Å². The summed E-state index contributed by atoms with van der Waals surface area (Å²) < 4.78 is 5.77. The molecule has 0 fully saturated rings. The van der Waals surface area contributed by atoms with Crippen LogP contribution in [0.1, 0.15) is 23.1 Å². The van der Waals surface area contributed by atoms with Crippen molar-refractivity contribution < 1.29 is 8.98 Å². The topological polar surface area (TPSA) is 26.3 Å². The van der Waals surface area contributed by atoms with Gasteiger partial charge < -0.3 is 4.18 Å². The number of rotatable bonds is 5. The molecule has 0 atom stereocenters. The van der Waals surface area contributed by atoms with E-state index in [4.69, 9.17) is 4.18 Å². The second-order valence-corrected chi connectivity index (χ2v) is 7.43. The maximum Gasteiger partial charge on any atom is 0.137 e. The minimum Gasteiger partial charge on any atom is -0.305 e. The molecule has 0 amide bonds. The lowest BCUT2D eigenvalue weighted by molar-refractivity contribution is -0.118. The average molecular weight is 360 g/mol. The Morgan fingerprint density at radius 3 is 2.54 bits per heavy atom. The molecule has 4 rings (SSSR count). The van der Waals surface area contributed by atoms with E-state index in [0.717, 1.165) is 28.0 Å². The predicted molar refractivity (Wildman–Crippen MR) is 106 cm³/mol. The Labute approximate surface area is 158 Å². The Hall–Kier alpha value is -2.36. The quantitative estimate of drug-likeness (QED) is 0.551. The molecule has 3 heteroatoms. The molecule has 0 saturated carbocycles. The third kappa shape index (κ3) is 4.06. The van der Waals surface area contributed by atoms with Gasteiger partial charge >= 0.3 is 0 Å². The zero-order valence-electron chi connectivity index (χ0n) is 14.5. The third-order valence-corrected chi connectivity index (χ3v) is 5.34. The van der Waals surface area contributed by atoms with Gasteiger partial charge in [-0.1, -0.05) is 60.7 Å². The van der Waals surface area contributed by atoms with Crippen LogP contribution in [0.4, 0.5) is 0 Å². The van der Waals surface area contributed by atoms with Crippen LogP contribution in [0.5, 0.6) is 0 Å². The van der Waals surface area contributed by atoms with Gasteiger partial charge in [0.05, 0.1) is 6.61 Å². The highest BCUT2D eigenvalue weighted by atomic mass is 32.2. The zero-order chi connectivity index (χ0) is 17.8. The van der Waals surface area contributed by atoms with Crippen molar-refractivity contribution in [1.82, 2.24) is 0 Å². The number of ketones is 1. The van der Waals surface area contributed by atoms with Crippen LogP contribution in [0.15, 0.2) is 77.7 Å². The van der Waals surface area contributed by atoms with Gasteiger partial charge in [0, 0.05) is 29.8 Å². The largest absolute Gasteiger partial charge is 0.305 e. The number of hydrogen-bond acceptors (Lipinski definition) is 3. The van der Waals surface area contributed by atoms with Gasteiger partial charge in [-0.2, -0.15) is 0 Å². The maximum absolute atomic E-state index is 11.7. The number of Topliss-reactive ketones (excluding diaryl/α,β-unsaturated/α-hetero) is 1. The van der Waals surface area contributed by atoms with Gasteiger partial charge in [0.1, 0.15) is 5.78 Å². The lowest BCUT2D eigenvalue weighted by atomic mass is 9.88. The molecule has 0 aromatic heterocycles.